The van der Waals surface area contributed by atoms with Gasteiger partial charge >= 0.3 is 5.97 Å². The Kier molecular flexibility index (Phi) is 1.55. The fraction of sp³-hybridized carbons (Fsp3) is 0.500. The second kappa shape index (κ2) is 2.48. The number of aryl methyl sites for hydroxylation is 1. The molecule has 0 aliphatic heterocycles. The average molecular weight is 181 g/mol. The Morgan fingerprint density at radius 2 is 2.31 bits per heavy atom. The lowest BCUT2D eigenvalue weighted by Crippen LogP contribution is -2.10. The molecule has 70 valence electrons. The van der Waals surface area contributed by atoms with E-state index in [2.05, 4.69) is 4.98 Å². The predicted octanol–water partition coefficient (Wildman–Crippen LogP) is 0.807. The molecule has 0 radical (unpaired) electrons. The van der Waals surface area contributed by atoms with Crippen molar-refractivity contribution in [1.29, 1.82) is 0 Å². The van der Waals surface area contributed by atoms with Crippen molar-refractivity contribution in [2.24, 2.45) is 0 Å². The number of imidazole rings is 1. The molecule has 1 heterocycles. The molecule has 0 aromatic carbocycles. The molecule has 1 fully saturated rings. The number of nitrogen functional groups attached to an aromatic ring is 1. The SMILES string of the molecule is Cc1nc(N)c(C(=O)O)n1C1CC1. The largest absolute Gasteiger partial charge is 0.476 e. The Hall–Kier alpha value is -1.52. The third kappa shape index (κ3) is 1.16. The van der Waals surface area contributed by atoms with E-state index >= 15 is 0 Å². The van der Waals surface area contributed by atoms with E-state index in [1.165, 1.54) is 0 Å². The van der Waals surface area contributed by atoms with E-state index in [4.69, 9.17) is 10.8 Å². The van der Waals surface area contributed by atoms with Crippen LogP contribution in [0.1, 0.15) is 35.2 Å². The van der Waals surface area contributed by atoms with Crippen LogP contribution in [-0.4, -0.2) is 20.6 Å². The molecule has 1 saturated carbocycles. The molecule has 5 nitrogen and oxygen atoms in total. The van der Waals surface area contributed by atoms with E-state index in [0.717, 1.165) is 12.8 Å². The highest BCUT2D eigenvalue weighted by Crippen LogP contribution is 2.38. The summed E-state index contributed by atoms with van der Waals surface area (Å²) in [5.74, 6) is -0.181. The minimum absolute atomic E-state index is 0.122. The van der Waals surface area contributed by atoms with Crippen LogP contribution in [-0.2, 0) is 0 Å². The van der Waals surface area contributed by atoms with E-state index in [-0.39, 0.29) is 11.5 Å². The average Bonchev–Trinajstić information content (AvgIpc) is 2.77. The minimum atomic E-state index is -0.995. The monoisotopic (exact) mass is 181 g/mol. The van der Waals surface area contributed by atoms with Gasteiger partial charge in [0.05, 0.1) is 0 Å². The van der Waals surface area contributed by atoms with Gasteiger partial charge in [0.2, 0.25) is 0 Å². The first-order valence-corrected chi connectivity index (χ1v) is 4.19. The molecule has 0 amide bonds. The highest BCUT2D eigenvalue weighted by molar-refractivity contribution is 5.91. The summed E-state index contributed by atoms with van der Waals surface area (Å²) in [6.07, 6.45) is 2.05. The number of aromatic carboxylic acids is 1. The predicted molar refractivity (Wildman–Crippen MR) is 46.6 cm³/mol. The third-order valence-corrected chi connectivity index (χ3v) is 2.23. The number of nitrogens with two attached hydrogens (primary N) is 1. The van der Waals surface area contributed by atoms with Crippen molar-refractivity contribution in [3.63, 3.8) is 0 Å². The van der Waals surface area contributed by atoms with Crippen LogP contribution in [0.5, 0.6) is 0 Å². The number of rotatable bonds is 2. The first-order valence-electron chi connectivity index (χ1n) is 4.19. The van der Waals surface area contributed by atoms with Crippen LogP contribution in [0, 0.1) is 6.92 Å². The second-order valence-corrected chi connectivity index (χ2v) is 3.30. The number of carboxylic acid groups (broad SMARTS) is 1. The van der Waals surface area contributed by atoms with E-state index < -0.39 is 5.97 Å². The van der Waals surface area contributed by atoms with Crippen molar-refractivity contribution in [2.75, 3.05) is 5.73 Å². The van der Waals surface area contributed by atoms with Gasteiger partial charge in [-0.25, -0.2) is 9.78 Å². The van der Waals surface area contributed by atoms with Gasteiger partial charge in [-0.05, 0) is 19.8 Å². The summed E-state index contributed by atoms with van der Waals surface area (Å²) in [6, 6.07) is 0.302. The van der Waals surface area contributed by atoms with Gasteiger partial charge in [0, 0.05) is 6.04 Å². The van der Waals surface area contributed by atoms with Crippen molar-refractivity contribution >= 4 is 11.8 Å². The first kappa shape index (κ1) is 8.10. The maximum absolute atomic E-state index is 10.8. The fourth-order valence-electron chi connectivity index (χ4n) is 1.56. The number of carbonyl (C=O) groups is 1. The van der Waals surface area contributed by atoms with Crippen molar-refractivity contribution in [2.45, 2.75) is 25.8 Å². The molecule has 0 spiro atoms. The molecule has 0 bridgehead atoms. The lowest BCUT2D eigenvalue weighted by molar-refractivity contribution is 0.0686. The van der Waals surface area contributed by atoms with Crippen LogP contribution in [0.4, 0.5) is 5.82 Å². The normalized spacial score (nSPS) is 16.1. The zero-order chi connectivity index (χ0) is 9.59. The zero-order valence-electron chi connectivity index (χ0n) is 7.32. The zero-order valence-corrected chi connectivity index (χ0v) is 7.32. The van der Waals surface area contributed by atoms with E-state index in [0.29, 0.717) is 11.9 Å². The Morgan fingerprint density at radius 3 is 2.77 bits per heavy atom. The number of carboxylic acids is 1. The summed E-state index contributed by atoms with van der Waals surface area (Å²) in [4.78, 5) is 14.8. The highest BCUT2D eigenvalue weighted by Gasteiger charge is 2.31. The van der Waals surface area contributed by atoms with Gasteiger partial charge in [-0.15, -0.1) is 0 Å². The van der Waals surface area contributed by atoms with Crippen LogP contribution in [0.25, 0.3) is 0 Å². The van der Waals surface area contributed by atoms with Crippen LogP contribution in [0.3, 0.4) is 0 Å². The number of hydrogen-bond donors (Lipinski definition) is 2. The molecule has 1 aromatic heterocycles. The molecular formula is C8H11N3O2. The Labute approximate surface area is 75.2 Å². The number of aromatic nitrogens is 2. The molecule has 0 unspecified atom stereocenters. The van der Waals surface area contributed by atoms with Crippen molar-refractivity contribution in [3.05, 3.63) is 11.5 Å². The minimum Gasteiger partial charge on any atom is -0.476 e. The van der Waals surface area contributed by atoms with Crippen LogP contribution in [0.2, 0.25) is 0 Å². The number of anilines is 1. The van der Waals surface area contributed by atoms with Gasteiger partial charge in [-0.1, -0.05) is 0 Å². The summed E-state index contributed by atoms with van der Waals surface area (Å²) < 4.78 is 1.72. The topological polar surface area (TPSA) is 81.1 Å². The summed E-state index contributed by atoms with van der Waals surface area (Å²) in [7, 11) is 0. The van der Waals surface area contributed by atoms with Gasteiger partial charge in [0.15, 0.2) is 11.5 Å². The van der Waals surface area contributed by atoms with Crippen molar-refractivity contribution < 1.29 is 9.90 Å². The molecule has 13 heavy (non-hydrogen) atoms. The maximum Gasteiger partial charge on any atom is 0.356 e. The third-order valence-electron chi connectivity index (χ3n) is 2.23. The quantitative estimate of drug-likeness (QED) is 0.707. The van der Waals surface area contributed by atoms with Crippen molar-refractivity contribution in [3.8, 4) is 0 Å². The summed E-state index contributed by atoms with van der Waals surface area (Å²) in [5, 5.41) is 8.90. The maximum atomic E-state index is 10.8. The van der Waals surface area contributed by atoms with E-state index in [1.807, 2.05) is 0 Å². The molecule has 3 N–H and O–H groups in total. The van der Waals surface area contributed by atoms with Crippen LogP contribution in [0.15, 0.2) is 0 Å². The molecule has 5 heteroatoms. The van der Waals surface area contributed by atoms with Gasteiger partial charge in [0.25, 0.3) is 0 Å². The smallest absolute Gasteiger partial charge is 0.356 e. The van der Waals surface area contributed by atoms with E-state index in [9.17, 15) is 4.79 Å². The second-order valence-electron chi connectivity index (χ2n) is 3.30. The number of nitrogens with zero attached hydrogens (tertiary/aromatic N) is 2. The molecule has 2 rings (SSSR count). The summed E-state index contributed by atoms with van der Waals surface area (Å²) in [5.41, 5.74) is 5.63. The standard InChI is InChI=1S/C8H11N3O2/c1-4-10-7(9)6(8(12)13)11(4)5-2-3-5/h5H,2-3,9H2,1H3,(H,12,13). The highest BCUT2D eigenvalue weighted by atomic mass is 16.4. The molecular weight excluding hydrogens is 170 g/mol. The Balaban J connectivity index is 2.56. The van der Waals surface area contributed by atoms with Gasteiger partial charge < -0.3 is 15.4 Å². The molecule has 1 aliphatic rings. The van der Waals surface area contributed by atoms with Crippen molar-refractivity contribution in [1.82, 2.24) is 9.55 Å². The van der Waals surface area contributed by atoms with Gasteiger partial charge in [0.1, 0.15) is 5.82 Å². The van der Waals surface area contributed by atoms with Crippen LogP contribution >= 0.6 is 0 Å². The lowest BCUT2D eigenvalue weighted by Gasteiger charge is -2.04. The Bertz CT molecular complexity index is 366. The van der Waals surface area contributed by atoms with Gasteiger partial charge in [-0.3, -0.25) is 0 Å². The molecule has 0 saturated heterocycles. The molecule has 0 atom stereocenters. The summed E-state index contributed by atoms with van der Waals surface area (Å²) >= 11 is 0. The fourth-order valence-corrected chi connectivity index (χ4v) is 1.56. The molecule has 1 aromatic rings. The number of hydrogen-bond acceptors (Lipinski definition) is 3. The Morgan fingerprint density at radius 1 is 1.69 bits per heavy atom. The van der Waals surface area contributed by atoms with E-state index in [1.54, 1.807) is 11.5 Å². The first-order chi connectivity index (χ1) is 6.11. The summed E-state index contributed by atoms with van der Waals surface area (Å²) in [6.45, 7) is 1.78. The van der Waals surface area contributed by atoms with Gasteiger partial charge in [-0.2, -0.15) is 0 Å². The van der Waals surface area contributed by atoms with Crippen LogP contribution < -0.4 is 5.73 Å². The molecule has 1 aliphatic carbocycles. The lowest BCUT2D eigenvalue weighted by atomic mass is 10.4.